The van der Waals surface area contributed by atoms with Crippen LogP contribution in [-0.4, -0.2) is 41.0 Å². The average Bonchev–Trinajstić information content (AvgIpc) is 2.47. The van der Waals surface area contributed by atoms with Crippen molar-refractivity contribution >= 4 is 5.78 Å². The molecule has 2 heterocycles. The third kappa shape index (κ3) is 2.77. The second-order valence-corrected chi connectivity index (χ2v) is 7.13. The number of piperidine rings is 1. The molecule has 2 atom stereocenters. The molecule has 18 heavy (non-hydrogen) atoms. The first kappa shape index (κ1) is 14.0. The molecule has 3 heteroatoms. The predicted octanol–water partition coefficient (Wildman–Crippen LogP) is 2.63. The number of rotatable bonds is 2. The van der Waals surface area contributed by atoms with Gasteiger partial charge in [0.05, 0.1) is 11.2 Å². The van der Waals surface area contributed by atoms with Crippen molar-refractivity contribution in [3.05, 3.63) is 0 Å². The molecule has 0 aromatic heterocycles. The van der Waals surface area contributed by atoms with E-state index in [9.17, 15) is 4.79 Å². The van der Waals surface area contributed by atoms with Crippen LogP contribution >= 0.6 is 0 Å². The molecule has 0 aromatic rings. The number of Topliss-reactive ketones (excluding diaryl/α,β-unsaturated/α-hetero) is 1. The summed E-state index contributed by atoms with van der Waals surface area (Å²) in [4.78, 5) is 14.1. The normalized spacial score (nSPS) is 35.6. The van der Waals surface area contributed by atoms with Crippen LogP contribution in [0.25, 0.3) is 0 Å². The Morgan fingerprint density at radius 3 is 2.44 bits per heavy atom. The van der Waals surface area contributed by atoms with E-state index in [1.165, 1.54) is 0 Å². The van der Waals surface area contributed by atoms with Gasteiger partial charge in [-0.2, -0.15) is 0 Å². The van der Waals surface area contributed by atoms with E-state index in [1.54, 1.807) is 6.92 Å². The maximum absolute atomic E-state index is 11.6. The zero-order valence-electron chi connectivity index (χ0n) is 12.5. The van der Waals surface area contributed by atoms with Gasteiger partial charge in [0.15, 0.2) is 0 Å². The highest BCUT2D eigenvalue weighted by atomic mass is 16.5. The van der Waals surface area contributed by atoms with E-state index in [0.29, 0.717) is 11.8 Å². The first-order valence-corrected chi connectivity index (χ1v) is 7.16. The van der Waals surface area contributed by atoms with Crippen molar-refractivity contribution in [1.82, 2.24) is 4.90 Å². The molecule has 2 aliphatic rings. The highest BCUT2D eigenvalue weighted by molar-refractivity contribution is 5.78. The number of hydrogen-bond donors (Lipinski definition) is 0. The van der Waals surface area contributed by atoms with Crippen molar-refractivity contribution in [3.8, 4) is 0 Å². The van der Waals surface area contributed by atoms with Crippen LogP contribution in [0.4, 0.5) is 0 Å². The van der Waals surface area contributed by atoms with Gasteiger partial charge >= 0.3 is 0 Å². The van der Waals surface area contributed by atoms with Gasteiger partial charge in [-0.25, -0.2) is 0 Å². The van der Waals surface area contributed by atoms with Crippen molar-refractivity contribution < 1.29 is 9.53 Å². The summed E-state index contributed by atoms with van der Waals surface area (Å²) in [6, 6.07) is 0.439. The zero-order chi connectivity index (χ0) is 13.6. The smallest absolute Gasteiger partial charge is 0.134 e. The molecule has 0 bridgehead atoms. The summed E-state index contributed by atoms with van der Waals surface area (Å²) in [7, 11) is 0. The molecular formula is C15H27NO2. The molecule has 0 radical (unpaired) electrons. The van der Waals surface area contributed by atoms with Gasteiger partial charge < -0.3 is 4.74 Å². The number of hydrogen-bond acceptors (Lipinski definition) is 3. The Hall–Kier alpha value is -0.410. The Kier molecular flexibility index (Phi) is 3.58. The lowest BCUT2D eigenvalue weighted by Gasteiger charge is -2.40. The fourth-order valence-electron chi connectivity index (χ4n) is 3.72. The molecular weight excluding hydrogens is 226 g/mol. The minimum atomic E-state index is -0.109. The van der Waals surface area contributed by atoms with Crippen LogP contribution in [-0.2, 0) is 9.53 Å². The molecule has 0 saturated carbocycles. The van der Waals surface area contributed by atoms with Crippen LogP contribution in [0.15, 0.2) is 0 Å². The lowest BCUT2D eigenvalue weighted by molar-refractivity contribution is -0.124. The van der Waals surface area contributed by atoms with Crippen molar-refractivity contribution in [1.29, 1.82) is 0 Å². The molecule has 2 unspecified atom stereocenters. The van der Waals surface area contributed by atoms with Gasteiger partial charge in [-0.1, -0.05) is 0 Å². The third-order valence-corrected chi connectivity index (χ3v) is 4.50. The molecule has 2 rings (SSSR count). The van der Waals surface area contributed by atoms with Crippen LogP contribution in [0.2, 0.25) is 0 Å². The van der Waals surface area contributed by atoms with Gasteiger partial charge in [0, 0.05) is 18.5 Å². The Balaban J connectivity index is 2.09. The summed E-state index contributed by atoms with van der Waals surface area (Å²) < 4.78 is 6.17. The van der Waals surface area contributed by atoms with Gasteiger partial charge in [-0.15, -0.1) is 0 Å². The summed E-state index contributed by atoms with van der Waals surface area (Å²) in [5, 5.41) is 0. The standard InChI is InChI=1S/C15H27NO2/c1-11(17)12-7-6-8-16(10-12)13-9-14(2,3)18-15(13,4)5/h12-13H,6-10H2,1-5H3. The fraction of sp³-hybridized carbons (Fsp3) is 0.933. The fourth-order valence-corrected chi connectivity index (χ4v) is 3.72. The van der Waals surface area contributed by atoms with E-state index in [-0.39, 0.29) is 17.1 Å². The van der Waals surface area contributed by atoms with Crippen molar-refractivity contribution in [2.24, 2.45) is 5.92 Å². The molecule has 2 aliphatic heterocycles. The van der Waals surface area contributed by atoms with E-state index >= 15 is 0 Å². The van der Waals surface area contributed by atoms with Gasteiger partial charge in [0.1, 0.15) is 5.78 Å². The maximum Gasteiger partial charge on any atom is 0.134 e. The van der Waals surface area contributed by atoms with Gasteiger partial charge in [0.2, 0.25) is 0 Å². The molecule has 0 aliphatic carbocycles. The van der Waals surface area contributed by atoms with E-state index in [4.69, 9.17) is 4.74 Å². The first-order chi connectivity index (χ1) is 8.21. The summed E-state index contributed by atoms with van der Waals surface area (Å²) in [5.41, 5.74) is -0.153. The molecule has 0 spiro atoms. The van der Waals surface area contributed by atoms with Crippen LogP contribution in [0.5, 0.6) is 0 Å². The summed E-state index contributed by atoms with van der Waals surface area (Å²) in [6.45, 7) is 12.5. The van der Waals surface area contributed by atoms with Crippen LogP contribution < -0.4 is 0 Å². The first-order valence-electron chi connectivity index (χ1n) is 7.16. The average molecular weight is 253 g/mol. The van der Waals surface area contributed by atoms with Crippen LogP contribution in [0, 0.1) is 5.92 Å². The zero-order valence-corrected chi connectivity index (χ0v) is 12.5. The van der Waals surface area contributed by atoms with E-state index in [0.717, 1.165) is 32.4 Å². The predicted molar refractivity (Wildman–Crippen MR) is 72.6 cm³/mol. The van der Waals surface area contributed by atoms with Gasteiger partial charge in [0.25, 0.3) is 0 Å². The topological polar surface area (TPSA) is 29.5 Å². The Morgan fingerprint density at radius 1 is 1.28 bits per heavy atom. The molecule has 2 fully saturated rings. The van der Waals surface area contributed by atoms with Crippen molar-refractivity contribution in [2.75, 3.05) is 13.1 Å². The lowest BCUT2D eigenvalue weighted by atomic mass is 9.88. The van der Waals surface area contributed by atoms with E-state index < -0.39 is 0 Å². The molecule has 104 valence electrons. The number of likely N-dealkylation sites (tertiary alicyclic amines) is 1. The van der Waals surface area contributed by atoms with Gasteiger partial charge in [-0.05, 0) is 60.4 Å². The second kappa shape index (κ2) is 4.61. The monoisotopic (exact) mass is 253 g/mol. The summed E-state index contributed by atoms with van der Waals surface area (Å²) >= 11 is 0. The number of ether oxygens (including phenoxy) is 1. The molecule has 0 aromatic carbocycles. The molecule has 2 saturated heterocycles. The molecule has 0 amide bonds. The molecule has 3 nitrogen and oxygen atoms in total. The number of carbonyl (C=O) groups excluding carboxylic acids is 1. The SMILES string of the molecule is CC(=O)C1CCCN(C2CC(C)(C)OC2(C)C)C1. The van der Waals surface area contributed by atoms with Crippen LogP contribution in [0.1, 0.15) is 53.9 Å². The summed E-state index contributed by atoms with van der Waals surface area (Å²) in [5.74, 6) is 0.578. The highest BCUT2D eigenvalue weighted by Gasteiger charge is 2.49. The maximum atomic E-state index is 11.6. The van der Waals surface area contributed by atoms with Crippen LogP contribution in [0.3, 0.4) is 0 Å². The minimum absolute atomic E-state index is 0.0443. The summed E-state index contributed by atoms with van der Waals surface area (Å²) in [6.07, 6.45) is 3.26. The van der Waals surface area contributed by atoms with Crippen molar-refractivity contribution in [2.45, 2.75) is 71.1 Å². The lowest BCUT2D eigenvalue weighted by Crippen LogP contribution is -2.51. The van der Waals surface area contributed by atoms with Gasteiger partial charge in [-0.3, -0.25) is 9.69 Å². The van der Waals surface area contributed by atoms with E-state index in [1.807, 2.05) is 0 Å². The quantitative estimate of drug-likeness (QED) is 0.757. The highest BCUT2D eigenvalue weighted by Crippen LogP contribution is 2.41. The van der Waals surface area contributed by atoms with E-state index in [2.05, 4.69) is 32.6 Å². The second-order valence-electron chi connectivity index (χ2n) is 7.13. The number of ketones is 1. The Morgan fingerprint density at radius 2 is 1.94 bits per heavy atom. The third-order valence-electron chi connectivity index (χ3n) is 4.50. The molecule has 0 N–H and O–H groups in total. The minimum Gasteiger partial charge on any atom is -0.368 e. The number of carbonyl (C=O) groups is 1. The van der Waals surface area contributed by atoms with Crippen molar-refractivity contribution in [3.63, 3.8) is 0 Å². The largest absolute Gasteiger partial charge is 0.368 e. The Bertz CT molecular complexity index is 335. The number of nitrogens with zero attached hydrogens (tertiary/aromatic N) is 1. The Labute approximate surface area is 111 Å².